The van der Waals surface area contributed by atoms with Crippen LogP contribution in [0.1, 0.15) is 5.69 Å². The van der Waals surface area contributed by atoms with Crippen LogP contribution in [0.2, 0.25) is 0 Å². The van der Waals surface area contributed by atoms with Crippen molar-refractivity contribution in [2.75, 3.05) is 26.9 Å². The molecule has 0 radical (unpaired) electrons. The number of hydrogen-bond acceptors (Lipinski definition) is 11. The maximum atomic E-state index is 12.5. The van der Waals surface area contributed by atoms with E-state index in [1.807, 2.05) is 0 Å². The van der Waals surface area contributed by atoms with Gasteiger partial charge in [0.05, 0.1) is 0 Å². The van der Waals surface area contributed by atoms with Gasteiger partial charge in [-0.05, 0) is 0 Å². The Bertz CT molecular complexity index is 915. The minimum absolute atomic E-state index is 0. The van der Waals surface area contributed by atoms with Crippen molar-refractivity contribution < 1.29 is 61.7 Å². The molecule has 13 nitrogen and oxygen atoms in total. The topological polar surface area (TPSA) is 187 Å². The van der Waals surface area contributed by atoms with Gasteiger partial charge in [0.25, 0.3) is 11.8 Å². The van der Waals surface area contributed by atoms with Crippen LogP contribution in [-0.2, 0) is 29.5 Å². The van der Waals surface area contributed by atoms with Crippen LogP contribution >= 0.6 is 11.3 Å². The third-order valence-corrected chi connectivity index (χ3v) is 5.00. The number of hydrogen-bond donors (Lipinski definition) is 2. The van der Waals surface area contributed by atoms with Gasteiger partial charge in [-0.3, -0.25) is 14.4 Å². The molecule has 3 amide bonds. The molecular weight excluding hydrogens is 427 g/mol. The smallest absolute Gasteiger partial charge is 0.731 e. The molecule has 28 heavy (non-hydrogen) atoms. The van der Waals surface area contributed by atoms with Gasteiger partial charge >= 0.3 is 29.6 Å². The molecule has 148 valence electrons. The largest absolute Gasteiger partial charge is 1.00 e. The number of anilines is 1. The number of β-lactam (4-membered cyclic amide) rings is 1. The number of carbonyl (C=O) groups is 3. The van der Waals surface area contributed by atoms with Crippen LogP contribution in [0.5, 0.6) is 0 Å². The molecule has 1 fully saturated rings. The zero-order valence-electron chi connectivity index (χ0n) is 15.3. The number of rotatable bonds is 6. The molecule has 1 aliphatic rings. The Hall–Kier alpha value is -1.78. The van der Waals surface area contributed by atoms with Gasteiger partial charge in [0, 0.05) is 19.5 Å². The summed E-state index contributed by atoms with van der Waals surface area (Å²) in [6.07, 6.45) is 0. The monoisotopic (exact) mass is 442 g/mol. The SMILES string of the molecule is CO/N=C(\C(=O)N[C@H]1C(=O)N(S(=O)(=O)[O-])[C@H]1C(=O)N(C)C)c1csc(N)n1.[Na+]. The Morgan fingerprint density at radius 1 is 1.46 bits per heavy atom. The molecule has 0 aliphatic carbocycles. The molecule has 0 bridgehead atoms. The fourth-order valence-corrected chi connectivity index (χ4v) is 3.63. The van der Waals surface area contributed by atoms with E-state index in [2.05, 4.69) is 20.3 Å². The fourth-order valence-electron chi connectivity index (χ4n) is 2.26. The van der Waals surface area contributed by atoms with E-state index in [1.165, 1.54) is 26.6 Å². The van der Waals surface area contributed by atoms with E-state index in [0.29, 0.717) is 0 Å². The molecule has 0 saturated carbocycles. The summed E-state index contributed by atoms with van der Waals surface area (Å²) in [5, 5.41) is 7.24. The molecule has 16 heteroatoms. The van der Waals surface area contributed by atoms with Crippen LogP contribution in [0, 0.1) is 0 Å². The predicted molar refractivity (Wildman–Crippen MR) is 91.0 cm³/mol. The zero-order chi connectivity index (χ0) is 20.5. The molecule has 2 rings (SSSR count). The number of likely N-dealkylation sites (N-methyl/N-ethyl adjacent to an activating group) is 1. The first-order valence-electron chi connectivity index (χ1n) is 7.12. The van der Waals surface area contributed by atoms with Crippen molar-refractivity contribution in [1.29, 1.82) is 0 Å². The van der Waals surface area contributed by atoms with Gasteiger partial charge in [0.15, 0.2) is 27.2 Å². The van der Waals surface area contributed by atoms with Gasteiger partial charge in [-0.1, -0.05) is 5.16 Å². The number of nitrogens with two attached hydrogens (primary N) is 1. The molecule has 1 saturated heterocycles. The quantitative estimate of drug-likeness (QED) is 0.142. The molecule has 1 aliphatic heterocycles. The molecule has 2 atom stereocenters. The van der Waals surface area contributed by atoms with Crippen LogP contribution in [0.25, 0.3) is 0 Å². The van der Waals surface area contributed by atoms with Gasteiger partial charge in [-0.25, -0.2) is 17.7 Å². The van der Waals surface area contributed by atoms with Gasteiger partial charge in [-0.15, -0.1) is 11.3 Å². The summed E-state index contributed by atoms with van der Waals surface area (Å²) in [6.45, 7) is 0. The number of amides is 3. The van der Waals surface area contributed by atoms with Crippen LogP contribution in [0.4, 0.5) is 5.13 Å². The summed E-state index contributed by atoms with van der Waals surface area (Å²) in [4.78, 5) is 46.1. The number of nitrogens with one attached hydrogen (secondary N) is 1. The molecule has 1 aromatic heterocycles. The number of thiazole rings is 1. The van der Waals surface area contributed by atoms with Crippen LogP contribution in [0.15, 0.2) is 10.5 Å². The number of nitrogen functional groups attached to an aromatic ring is 1. The Labute approximate surface area is 186 Å². The minimum atomic E-state index is -5.24. The van der Waals surface area contributed by atoms with Crippen molar-refractivity contribution in [3.63, 3.8) is 0 Å². The van der Waals surface area contributed by atoms with Crippen molar-refractivity contribution >= 4 is 50.2 Å². The summed E-state index contributed by atoms with van der Waals surface area (Å²) >= 11 is 1.02. The normalized spacial score (nSPS) is 19.4. The van der Waals surface area contributed by atoms with E-state index < -0.39 is 40.1 Å². The van der Waals surface area contributed by atoms with Crippen molar-refractivity contribution in [1.82, 2.24) is 19.5 Å². The van der Waals surface area contributed by atoms with Crippen LogP contribution in [0.3, 0.4) is 0 Å². The van der Waals surface area contributed by atoms with Crippen LogP contribution in [-0.4, -0.2) is 83.9 Å². The number of oxime groups is 1. The Balaban J connectivity index is 0.00000392. The van der Waals surface area contributed by atoms with E-state index in [1.54, 1.807) is 0 Å². The first-order valence-corrected chi connectivity index (χ1v) is 9.37. The average Bonchev–Trinajstić information content (AvgIpc) is 2.98. The first-order chi connectivity index (χ1) is 12.5. The summed E-state index contributed by atoms with van der Waals surface area (Å²) in [6, 6.07) is -3.28. The Morgan fingerprint density at radius 2 is 2.07 bits per heavy atom. The van der Waals surface area contributed by atoms with Crippen molar-refractivity contribution in [2.24, 2.45) is 5.16 Å². The van der Waals surface area contributed by atoms with Gasteiger partial charge < -0.3 is 25.3 Å². The second-order valence-electron chi connectivity index (χ2n) is 5.41. The van der Waals surface area contributed by atoms with Crippen molar-refractivity contribution in [3.8, 4) is 0 Å². The molecule has 2 heterocycles. The van der Waals surface area contributed by atoms with Gasteiger partial charge in [0.1, 0.15) is 18.8 Å². The maximum Gasteiger partial charge on any atom is 1.00 e. The number of aromatic nitrogens is 1. The zero-order valence-corrected chi connectivity index (χ0v) is 18.9. The Morgan fingerprint density at radius 3 is 2.50 bits per heavy atom. The number of carbonyl (C=O) groups excluding carboxylic acids is 3. The maximum absolute atomic E-state index is 12.5. The summed E-state index contributed by atoms with van der Waals surface area (Å²) in [5.41, 5.74) is 5.20. The van der Waals surface area contributed by atoms with Crippen LogP contribution < -0.4 is 40.6 Å². The second-order valence-corrected chi connectivity index (χ2v) is 7.55. The van der Waals surface area contributed by atoms with E-state index in [4.69, 9.17) is 5.73 Å². The third kappa shape index (κ3) is 4.79. The number of nitrogens with zero attached hydrogens (tertiary/aromatic N) is 4. The summed E-state index contributed by atoms with van der Waals surface area (Å²) in [7, 11) is -1.47. The molecule has 1 aromatic rings. The van der Waals surface area contributed by atoms with Crippen molar-refractivity contribution in [2.45, 2.75) is 12.1 Å². The van der Waals surface area contributed by atoms with Crippen molar-refractivity contribution in [3.05, 3.63) is 11.1 Å². The van der Waals surface area contributed by atoms with Gasteiger partial charge in [0.2, 0.25) is 5.91 Å². The van der Waals surface area contributed by atoms with E-state index in [9.17, 15) is 27.4 Å². The third-order valence-electron chi connectivity index (χ3n) is 3.44. The molecule has 3 N–H and O–H groups in total. The van der Waals surface area contributed by atoms with E-state index in [-0.39, 0.29) is 50.4 Å². The summed E-state index contributed by atoms with van der Waals surface area (Å²) < 4.78 is 33.6. The second kappa shape index (κ2) is 9.15. The Kier molecular flexibility index (Phi) is 7.92. The molecule has 0 spiro atoms. The fraction of sp³-hybridized carbons (Fsp3) is 0.417. The van der Waals surface area contributed by atoms with E-state index in [0.717, 1.165) is 16.2 Å². The predicted octanol–water partition coefficient (Wildman–Crippen LogP) is -5.68. The first kappa shape index (κ1) is 24.3. The van der Waals surface area contributed by atoms with E-state index >= 15 is 0 Å². The standard InChI is InChI=1S/C12H16N6O7S2.Na/c1-17(2)11(21)8-7(10(20)18(8)27(22,23)24)15-9(19)6(16-25-3)5-4-26-12(13)14-5;/h4,7-8H,1-3H3,(H2,13,14)(H,15,19)(H,22,23,24);/q;+1/p-1/b16-6-;/t7-,8-;/m1./s1. The molecular formula is C12H15N6NaO7S2. The molecule has 0 aromatic carbocycles. The minimum Gasteiger partial charge on any atom is -0.731 e. The average molecular weight is 442 g/mol. The van der Waals surface area contributed by atoms with Gasteiger partial charge in [-0.2, -0.15) is 0 Å². The summed E-state index contributed by atoms with van der Waals surface area (Å²) in [5.74, 6) is -3.07. The molecule has 0 unspecified atom stereocenters.